The summed E-state index contributed by atoms with van der Waals surface area (Å²) in [6.45, 7) is 4.37. The Bertz CT molecular complexity index is 1630. The third-order valence-electron chi connectivity index (χ3n) is 13.6. The summed E-state index contributed by atoms with van der Waals surface area (Å²) >= 11 is 0. The van der Waals surface area contributed by atoms with Gasteiger partial charge in [0.05, 0.1) is 64.3 Å². The van der Waals surface area contributed by atoms with Crippen LogP contribution >= 0.6 is 0 Å². The summed E-state index contributed by atoms with van der Waals surface area (Å²) in [7, 11) is 7.74. The molecule has 6 unspecified atom stereocenters. The van der Waals surface area contributed by atoms with Crippen LogP contribution in [0, 0.1) is 11.8 Å². The average Bonchev–Trinajstić information content (AvgIpc) is 3.32. The van der Waals surface area contributed by atoms with E-state index in [4.69, 9.17) is 28.4 Å². The molecule has 6 atom stereocenters. The highest BCUT2D eigenvalue weighted by Crippen LogP contribution is 2.47. The average molecular weight is 909 g/mol. The van der Waals surface area contributed by atoms with Crippen LogP contribution < -0.4 is 52.9 Å². The Kier molecular flexibility index (Phi) is 13.9. The van der Waals surface area contributed by atoms with Gasteiger partial charge >= 0.3 is 23.9 Å². The zero-order valence-corrected chi connectivity index (χ0v) is 36.5. The molecule has 4 aliphatic heterocycles. The minimum Gasteiger partial charge on any atom is -1.00 e. The fourth-order valence-electron chi connectivity index (χ4n) is 10.5. The third kappa shape index (κ3) is 8.78. The van der Waals surface area contributed by atoms with Crippen molar-refractivity contribution in [1.29, 1.82) is 0 Å². The Morgan fingerprint density at radius 3 is 1.18 bits per heavy atom. The van der Waals surface area contributed by atoms with Crippen molar-refractivity contribution in [3.05, 3.63) is 47.5 Å². The van der Waals surface area contributed by atoms with E-state index in [2.05, 4.69) is 14.1 Å². The van der Waals surface area contributed by atoms with E-state index in [0.29, 0.717) is 60.0 Å². The summed E-state index contributed by atoms with van der Waals surface area (Å²) in [5, 5.41) is 0. The van der Waals surface area contributed by atoms with Crippen molar-refractivity contribution in [3.8, 4) is 23.0 Å². The second-order valence-electron chi connectivity index (χ2n) is 16.8. The third-order valence-corrected chi connectivity index (χ3v) is 13.6. The maximum atomic E-state index is 13.5. The highest BCUT2D eigenvalue weighted by Gasteiger charge is 2.55. The van der Waals surface area contributed by atoms with E-state index in [1.54, 1.807) is 26.4 Å². The van der Waals surface area contributed by atoms with Crippen LogP contribution in [0.15, 0.2) is 36.4 Å². The van der Waals surface area contributed by atoms with Crippen LogP contribution in [0.2, 0.25) is 0 Å². The number of ether oxygens (including phenoxy) is 6. The molecule has 308 valence electrons. The lowest BCUT2D eigenvalue weighted by atomic mass is 9.73. The molecule has 0 spiro atoms. The van der Waals surface area contributed by atoms with E-state index in [0.717, 1.165) is 84.5 Å². The zero-order chi connectivity index (χ0) is 38.4. The van der Waals surface area contributed by atoms with Crippen molar-refractivity contribution >= 4 is 23.9 Å². The Morgan fingerprint density at radius 1 is 0.554 bits per heavy atom. The maximum Gasteiger partial charge on any atom is 0.310 e. The zero-order valence-electron chi connectivity index (χ0n) is 33.3. The molecule has 0 radical (unpaired) electrons. The summed E-state index contributed by atoms with van der Waals surface area (Å²) in [4.78, 5) is 50.1. The number of methoxy groups -OCH3 is 2. The number of hydrogen-bond acceptors (Lipinski definition) is 10. The number of benzene rings is 2. The quantitative estimate of drug-likeness (QED) is 0.159. The lowest BCUT2D eigenvalue weighted by molar-refractivity contribution is -0.961. The molecule has 4 saturated heterocycles. The van der Waals surface area contributed by atoms with Crippen LogP contribution in [0.3, 0.4) is 0 Å². The monoisotopic (exact) mass is 906 g/mol. The van der Waals surface area contributed by atoms with Crippen molar-refractivity contribution in [2.24, 2.45) is 11.8 Å². The molecule has 0 amide bonds. The second-order valence-corrected chi connectivity index (χ2v) is 16.8. The van der Waals surface area contributed by atoms with Gasteiger partial charge in [0.2, 0.25) is 0 Å². The molecule has 2 aromatic carbocycles. The van der Waals surface area contributed by atoms with Crippen LogP contribution in [0.25, 0.3) is 0 Å². The molecule has 56 heavy (non-hydrogen) atoms. The summed E-state index contributed by atoms with van der Waals surface area (Å²) in [5.74, 6) is -0.257. The predicted molar refractivity (Wildman–Crippen MR) is 196 cm³/mol. The summed E-state index contributed by atoms with van der Waals surface area (Å²) < 4.78 is 35.8. The molecule has 2 aromatic rings. The van der Waals surface area contributed by atoms with Gasteiger partial charge in [0.15, 0.2) is 23.0 Å². The summed E-state index contributed by atoms with van der Waals surface area (Å²) in [6, 6.07) is 12.9. The van der Waals surface area contributed by atoms with Gasteiger partial charge in [-0.2, -0.15) is 0 Å². The number of carbonyl (C=O) groups is 4. The highest BCUT2D eigenvalue weighted by atomic mass is 79.9. The number of esters is 4. The number of nitrogens with zero attached hydrogens (tertiary/aromatic N) is 2. The van der Waals surface area contributed by atoms with E-state index < -0.39 is 11.8 Å². The van der Waals surface area contributed by atoms with Gasteiger partial charge in [-0.25, -0.2) is 0 Å². The largest absolute Gasteiger partial charge is 1.00 e. The molecule has 0 aromatic heterocycles. The van der Waals surface area contributed by atoms with E-state index in [1.807, 2.05) is 24.3 Å². The van der Waals surface area contributed by atoms with Crippen molar-refractivity contribution in [3.63, 3.8) is 0 Å². The number of quaternary nitrogens is 2. The molecule has 0 N–H and O–H groups in total. The number of rotatable bonds is 12. The molecule has 7 rings (SSSR count). The minimum absolute atomic E-state index is 0. The van der Waals surface area contributed by atoms with Gasteiger partial charge in [-0.3, -0.25) is 19.2 Å². The van der Waals surface area contributed by atoms with E-state index >= 15 is 0 Å². The Labute approximate surface area is 351 Å². The Morgan fingerprint density at radius 2 is 0.893 bits per heavy atom. The second kappa shape index (κ2) is 17.7. The van der Waals surface area contributed by atoms with Gasteiger partial charge in [-0.15, -0.1) is 0 Å². The topological polar surface area (TPSA) is 124 Å². The molecular weight excluding hydrogens is 852 g/mol. The van der Waals surface area contributed by atoms with E-state index in [-0.39, 0.29) is 70.0 Å². The summed E-state index contributed by atoms with van der Waals surface area (Å²) in [6.07, 6.45) is 8.52. The van der Waals surface area contributed by atoms with Crippen LogP contribution in [0.4, 0.5) is 0 Å². The molecular formula is C42H56Br2N2O10. The first-order valence-electron chi connectivity index (χ1n) is 19.6. The van der Waals surface area contributed by atoms with Crippen LogP contribution in [-0.4, -0.2) is 97.5 Å². The first kappa shape index (κ1) is 43.9. The predicted octanol–water partition coefficient (Wildman–Crippen LogP) is -0.345. The fraction of sp³-hybridized carbons (Fsp3) is 0.619. The van der Waals surface area contributed by atoms with Gasteiger partial charge < -0.3 is 71.4 Å². The molecule has 4 heterocycles. The molecule has 12 nitrogen and oxygen atoms in total. The normalized spacial score (nSPS) is 32.4. The Balaban J connectivity index is 0.00000300. The van der Waals surface area contributed by atoms with Crippen molar-refractivity contribution < 1.29 is 90.5 Å². The van der Waals surface area contributed by atoms with Crippen molar-refractivity contribution in [2.75, 3.05) is 28.3 Å². The first-order chi connectivity index (χ1) is 25.8. The van der Waals surface area contributed by atoms with E-state index in [1.165, 1.54) is 13.8 Å². The van der Waals surface area contributed by atoms with Gasteiger partial charge in [0.1, 0.15) is 25.3 Å². The number of hydrogen-bond donors (Lipinski definition) is 0. The molecule has 14 heteroatoms. The minimum atomic E-state index is -0.438. The lowest BCUT2D eigenvalue weighted by Crippen LogP contribution is -3.00. The molecule has 4 bridgehead atoms. The Hall–Kier alpha value is -3.20. The van der Waals surface area contributed by atoms with Gasteiger partial charge in [0.25, 0.3) is 0 Å². The first-order valence-corrected chi connectivity index (χ1v) is 19.6. The lowest BCUT2D eigenvalue weighted by Gasteiger charge is -2.47. The molecule has 1 saturated carbocycles. The highest BCUT2D eigenvalue weighted by molar-refractivity contribution is 5.84. The van der Waals surface area contributed by atoms with Gasteiger partial charge in [0, 0.05) is 76.3 Å². The number of halogens is 2. The number of piperidine rings is 2. The van der Waals surface area contributed by atoms with E-state index in [9.17, 15) is 19.2 Å². The summed E-state index contributed by atoms with van der Waals surface area (Å²) in [5.41, 5.74) is 2.21. The van der Waals surface area contributed by atoms with Gasteiger partial charge in [-0.05, 0) is 49.2 Å². The smallest absolute Gasteiger partial charge is 0.310 e. The van der Waals surface area contributed by atoms with Crippen molar-refractivity contribution in [1.82, 2.24) is 0 Å². The number of fused-ring (bicyclic) bond motifs is 4. The maximum absolute atomic E-state index is 13.5. The fourth-order valence-corrected chi connectivity index (χ4v) is 10.5. The van der Waals surface area contributed by atoms with Crippen LogP contribution in [0.1, 0.15) is 89.2 Å². The number of carbonyl (C=O) groups excluding carboxylic acids is 4. The van der Waals surface area contributed by atoms with Crippen LogP contribution in [0.5, 0.6) is 23.0 Å². The molecule has 1 aliphatic carbocycles. The van der Waals surface area contributed by atoms with Crippen LogP contribution in [-0.2, 0) is 41.7 Å². The molecule has 5 aliphatic rings. The van der Waals surface area contributed by atoms with Gasteiger partial charge in [-0.1, -0.05) is 0 Å². The molecule has 5 fully saturated rings. The van der Waals surface area contributed by atoms with Crippen molar-refractivity contribution in [2.45, 2.75) is 128 Å². The standard InChI is InChI=1S/C42H56N2O10.2BrH/c1-25(45)51-37-15-7-27(17-39(37)49-5)23-43(3)29-9-10-30(43)20-33(19-29)53-41(47)35-13-14-36(35)42(48)54-34-21-31-11-12-32(22-34)44(31,4)24-28-8-16-38(52-26(2)46)40(18-28)50-6;;/h7-8,15-18,29-36H,9-14,19-24H2,1-6H3;2*1H/q+2;;/p-2/t29?,30?,31?,32?,33-,34?,35?,36?,43-,44?;;. The SMILES string of the molecule is COc1cc(C[N+]2(C)C3CCC2CC(OC(=O)C2CCC2C(=O)O[C@H]2CC4CCC(C2)[N@@+]4(C)Cc2ccc(OC(C)=O)c(OC)c2)C3)ccc1OC(C)=O.[Br-].[Br-].